The Bertz CT molecular complexity index is 477. The second-order valence-corrected chi connectivity index (χ2v) is 5.74. The Hall–Kier alpha value is -1.40. The fraction of sp³-hybridized carbons (Fsp3) is 0.571. The second-order valence-electron chi connectivity index (χ2n) is 4.82. The largest absolute Gasteiger partial charge is 0.480 e. The lowest BCUT2D eigenvalue weighted by molar-refractivity contribution is -0.145. The summed E-state index contributed by atoms with van der Waals surface area (Å²) in [5.41, 5.74) is 1.10. The Balaban J connectivity index is 1.87. The Morgan fingerprint density at radius 2 is 2.15 bits per heavy atom. The lowest BCUT2D eigenvalue weighted by Gasteiger charge is -2.31. The van der Waals surface area contributed by atoms with Crippen molar-refractivity contribution in [2.75, 3.05) is 19.7 Å². The van der Waals surface area contributed by atoms with Crippen molar-refractivity contribution in [3.05, 3.63) is 21.9 Å². The van der Waals surface area contributed by atoms with E-state index in [-0.39, 0.29) is 18.6 Å². The summed E-state index contributed by atoms with van der Waals surface area (Å²) in [6, 6.07) is 2.00. The van der Waals surface area contributed by atoms with Gasteiger partial charge in [-0.25, -0.2) is 4.79 Å². The zero-order valence-corrected chi connectivity index (χ0v) is 12.3. The van der Waals surface area contributed by atoms with Gasteiger partial charge in [0, 0.05) is 13.1 Å². The Kier molecular flexibility index (Phi) is 5.14. The van der Waals surface area contributed by atoms with Crippen molar-refractivity contribution in [1.82, 2.24) is 4.90 Å². The van der Waals surface area contributed by atoms with Gasteiger partial charge in [0.15, 0.2) is 0 Å². The molecule has 0 aromatic carbocycles. The summed E-state index contributed by atoms with van der Waals surface area (Å²) < 4.78 is 5.27. The molecule has 1 saturated heterocycles. The summed E-state index contributed by atoms with van der Waals surface area (Å²) in [5.74, 6) is -0.858. The minimum atomic E-state index is -0.949. The molecule has 0 spiro atoms. The minimum absolute atomic E-state index is 0.0517. The van der Waals surface area contributed by atoms with Gasteiger partial charge in [-0.2, -0.15) is 0 Å². The van der Waals surface area contributed by atoms with Gasteiger partial charge in [-0.05, 0) is 36.3 Å². The zero-order chi connectivity index (χ0) is 14.5. The highest BCUT2D eigenvalue weighted by Crippen LogP contribution is 2.22. The highest BCUT2D eigenvalue weighted by atomic mass is 32.1. The molecule has 110 valence electrons. The van der Waals surface area contributed by atoms with Gasteiger partial charge >= 0.3 is 5.97 Å². The molecule has 0 bridgehead atoms. The van der Waals surface area contributed by atoms with Crippen molar-refractivity contribution in [3.8, 4) is 0 Å². The highest BCUT2D eigenvalue weighted by Gasteiger charge is 2.26. The number of aliphatic carboxylic acids is 1. The van der Waals surface area contributed by atoms with Gasteiger partial charge < -0.3 is 14.7 Å². The summed E-state index contributed by atoms with van der Waals surface area (Å²) in [5, 5.41) is 10.5. The van der Waals surface area contributed by atoms with E-state index in [1.807, 2.05) is 23.3 Å². The molecule has 1 fully saturated rings. The van der Waals surface area contributed by atoms with E-state index >= 15 is 0 Å². The Morgan fingerprint density at radius 1 is 1.45 bits per heavy atom. The molecule has 1 aromatic rings. The molecule has 0 saturated carbocycles. The lowest BCUT2D eigenvalue weighted by Crippen LogP contribution is -2.41. The lowest BCUT2D eigenvalue weighted by atomic mass is 10.1. The number of thiophene rings is 1. The van der Waals surface area contributed by atoms with Crippen molar-refractivity contribution >= 4 is 23.2 Å². The number of carboxylic acids is 1. The summed E-state index contributed by atoms with van der Waals surface area (Å²) >= 11 is 1.49. The minimum Gasteiger partial charge on any atom is -0.480 e. The van der Waals surface area contributed by atoms with Crippen molar-refractivity contribution in [3.63, 3.8) is 0 Å². The molecular weight excluding hydrogens is 278 g/mol. The number of rotatable bonds is 5. The van der Waals surface area contributed by atoms with Crippen LogP contribution >= 0.6 is 11.3 Å². The normalized spacial score (nSPS) is 16.4. The van der Waals surface area contributed by atoms with Crippen LogP contribution < -0.4 is 0 Å². The van der Waals surface area contributed by atoms with Gasteiger partial charge in [0.05, 0.1) is 11.0 Å². The molecule has 1 N–H and O–H groups in total. The number of ether oxygens (including phenoxy) is 1. The number of hydrogen-bond acceptors (Lipinski definition) is 4. The van der Waals surface area contributed by atoms with E-state index in [0.29, 0.717) is 25.9 Å². The van der Waals surface area contributed by atoms with E-state index in [1.54, 1.807) is 0 Å². The predicted octanol–water partition coefficient (Wildman–Crippen LogP) is 2.02. The van der Waals surface area contributed by atoms with Crippen LogP contribution in [-0.4, -0.2) is 47.7 Å². The summed E-state index contributed by atoms with van der Waals surface area (Å²) in [4.78, 5) is 25.5. The number of nitrogens with zero attached hydrogens (tertiary/aromatic N) is 1. The third-order valence-electron chi connectivity index (χ3n) is 3.49. The first-order chi connectivity index (χ1) is 9.61. The van der Waals surface area contributed by atoms with Gasteiger partial charge in [0.1, 0.15) is 6.61 Å². The van der Waals surface area contributed by atoms with E-state index in [4.69, 9.17) is 9.84 Å². The molecule has 1 aliphatic heterocycles. The van der Waals surface area contributed by atoms with Crippen LogP contribution in [0, 0.1) is 0 Å². The standard InChI is InChI=1S/C14H19NO4S/c1-2-10-5-8-20-13(10)14(18)15-6-3-11(4-7-15)19-9-12(16)17/h5,8,11H,2-4,6-7,9H2,1H3,(H,16,17). The van der Waals surface area contributed by atoms with Crippen molar-refractivity contribution < 1.29 is 19.4 Å². The summed E-state index contributed by atoms with van der Waals surface area (Å²) in [6.45, 7) is 3.04. The van der Waals surface area contributed by atoms with Crippen LogP contribution in [0.1, 0.15) is 35.0 Å². The van der Waals surface area contributed by atoms with E-state index in [2.05, 4.69) is 0 Å². The Morgan fingerprint density at radius 3 is 2.75 bits per heavy atom. The average molecular weight is 297 g/mol. The fourth-order valence-corrected chi connectivity index (χ4v) is 3.32. The molecule has 0 atom stereocenters. The third kappa shape index (κ3) is 3.58. The van der Waals surface area contributed by atoms with Gasteiger partial charge in [0.2, 0.25) is 0 Å². The fourth-order valence-electron chi connectivity index (χ4n) is 2.36. The molecular formula is C14H19NO4S. The van der Waals surface area contributed by atoms with Crippen molar-refractivity contribution in [2.45, 2.75) is 32.3 Å². The average Bonchev–Trinajstić information content (AvgIpc) is 2.93. The smallest absolute Gasteiger partial charge is 0.329 e. The first-order valence-corrected chi connectivity index (χ1v) is 7.68. The first kappa shape index (κ1) is 15.0. The maximum Gasteiger partial charge on any atom is 0.329 e. The number of hydrogen-bond donors (Lipinski definition) is 1. The van der Waals surface area contributed by atoms with Gasteiger partial charge in [0.25, 0.3) is 5.91 Å². The number of carboxylic acid groups (broad SMARTS) is 1. The SMILES string of the molecule is CCc1ccsc1C(=O)N1CCC(OCC(=O)O)CC1. The first-order valence-electron chi connectivity index (χ1n) is 6.80. The summed E-state index contributed by atoms with van der Waals surface area (Å²) in [6.07, 6.45) is 2.21. The molecule has 2 heterocycles. The van der Waals surface area contributed by atoms with E-state index in [0.717, 1.165) is 16.9 Å². The number of likely N-dealkylation sites (tertiary alicyclic amines) is 1. The van der Waals surface area contributed by atoms with Gasteiger partial charge in [-0.1, -0.05) is 6.92 Å². The Labute approximate surface area is 122 Å². The van der Waals surface area contributed by atoms with Crippen molar-refractivity contribution in [1.29, 1.82) is 0 Å². The molecule has 1 aliphatic rings. The topological polar surface area (TPSA) is 66.8 Å². The molecule has 1 aromatic heterocycles. The molecule has 0 aliphatic carbocycles. The van der Waals surface area contributed by atoms with Gasteiger partial charge in [-0.15, -0.1) is 11.3 Å². The predicted molar refractivity (Wildman–Crippen MR) is 76.2 cm³/mol. The molecule has 6 heteroatoms. The number of carbonyl (C=O) groups is 2. The number of piperidine rings is 1. The number of carbonyl (C=O) groups excluding carboxylic acids is 1. The van der Waals surface area contributed by atoms with Crippen LogP contribution in [-0.2, 0) is 16.0 Å². The monoisotopic (exact) mass is 297 g/mol. The van der Waals surface area contributed by atoms with Crippen LogP contribution in [0.3, 0.4) is 0 Å². The molecule has 5 nitrogen and oxygen atoms in total. The maximum atomic E-state index is 12.4. The van der Waals surface area contributed by atoms with E-state index in [9.17, 15) is 9.59 Å². The van der Waals surface area contributed by atoms with Crippen LogP contribution in [0.4, 0.5) is 0 Å². The van der Waals surface area contributed by atoms with Crippen LogP contribution in [0.2, 0.25) is 0 Å². The molecule has 0 radical (unpaired) electrons. The zero-order valence-electron chi connectivity index (χ0n) is 11.5. The number of amides is 1. The quantitative estimate of drug-likeness (QED) is 0.903. The van der Waals surface area contributed by atoms with Crippen molar-refractivity contribution in [2.24, 2.45) is 0 Å². The molecule has 2 rings (SSSR count). The van der Waals surface area contributed by atoms with Crippen LogP contribution in [0.25, 0.3) is 0 Å². The third-order valence-corrected chi connectivity index (χ3v) is 4.44. The van der Waals surface area contributed by atoms with E-state index in [1.165, 1.54) is 11.3 Å². The molecule has 20 heavy (non-hydrogen) atoms. The maximum absolute atomic E-state index is 12.4. The van der Waals surface area contributed by atoms with E-state index < -0.39 is 5.97 Å². The van der Waals surface area contributed by atoms with Crippen LogP contribution in [0.5, 0.6) is 0 Å². The molecule has 0 unspecified atom stereocenters. The van der Waals surface area contributed by atoms with Crippen LogP contribution in [0.15, 0.2) is 11.4 Å². The van der Waals surface area contributed by atoms with Gasteiger partial charge in [-0.3, -0.25) is 4.79 Å². The summed E-state index contributed by atoms with van der Waals surface area (Å²) in [7, 11) is 0. The number of aryl methyl sites for hydroxylation is 1. The highest BCUT2D eigenvalue weighted by molar-refractivity contribution is 7.12. The second kappa shape index (κ2) is 6.85. The molecule has 1 amide bonds.